The van der Waals surface area contributed by atoms with Crippen molar-refractivity contribution < 1.29 is 5.11 Å². The van der Waals surface area contributed by atoms with Crippen LogP contribution in [0.3, 0.4) is 0 Å². The van der Waals surface area contributed by atoms with Crippen molar-refractivity contribution in [3.05, 3.63) is 42.2 Å². The molecule has 0 spiro atoms. The molecule has 0 bridgehead atoms. The summed E-state index contributed by atoms with van der Waals surface area (Å²) < 4.78 is 2.04. The van der Waals surface area contributed by atoms with Crippen LogP contribution in [-0.4, -0.2) is 19.6 Å². The minimum atomic E-state index is 0.225. The number of pyridine rings is 1. The maximum absolute atomic E-state index is 9.57. The van der Waals surface area contributed by atoms with Gasteiger partial charge in [0.1, 0.15) is 11.6 Å². The van der Waals surface area contributed by atoms with E-state index in [9.17, 15) is 5.11 Å². The van der Waals surface area contributed by atoms with Gasteiger partial charge in [0.05, 0.1) is 12.1 Å². The van der Waals surface area contributed by atoms with Crippen molar-refractivity contribution >= 4 is 0 Å². The van der Waals surface area contributed by atoms with Gasteiger partial charge in [-0.2, -0.15) is 0 Å². The lowest BCUT2D eigenvalue weighted by Crippen LogP contribution is -2.03. The largest absolute Gasteiger partial charge is 0.506 e. The molecule has 0 aliphatic heterocycles. The van der Waals surface area contributed by atoms with Gasteiger partial charge in [0.25, 0.3) is 0 Å². The minimum Gasteiger partial charge on any atom is -0.506 e. The summed E-state index contributed by atoms with van der Waals surface area (Å²) >= 11 is 0. The summed E-state index contributed by atoms with van der Waals surface area (Å²) in [7, 11) is 0. The lowest BCUT2D eigenvalue weighted by atomic mass is 10.2. The molecular weight excluding hydrogens is 190 g/mol. The van der Waals surface area contributed by atoms with Crippen LogP contribution in [0.25, 0.3) is 0 Å². The highest BCUT2D eigenvalue weighted by atomic mass is 16.3. The minimum absolute atomic E-state index is 0.225. The van der Waals surface area contributed by atoms with Gasteiger partial charge in [-0.15, -0.1) is 0 Å². The molecule has 1 N–H and O–H groups in total. The van der Waals surface area contributed by atoms with E-state index < -0.39 is 0 Å². The van der Waals surface area contributed by atoms with Crippen molar-refractivity contribution in [1.29, 1.82) is 0 Å². The van der Waals surface area contributed by atoms with Crippen molar-refractivity contribution in [1.82, 2.24) is 14.5 Å². The third-order valence-corrected chi connectivity index (χ3v) is 2.33. The monoisotopic (exact) mass is 203 g/mol. The average Bonchev–Trinajstić information content (AvgIpc) is 2.69. The molecule has 0 radical (unpaired) electrons. The molecule has 2 rings (SSSR count). The van der Waals surface area contributed by atoms with Crippen LogP contribution in [0.4, 0.5) is 0 Å². The Morgan fingerprint density at radius 1 is 1.33 bits per heavy atom. The van der Waals surface area contributed by atoms with Gasteiger partial charge in [-0.3, -0.25) is 4.98 Å². The second-order valence-electron chi connectivity index (χ2n) is 3.28. The van der Waals surface area contributed by atoms with E-state index in [1.54, 1.807) is 24.5 Å². The molecule has 78 valence electrons. The number of aryl methyl sites for hydroxylation is 1. The topological polar surface area (TPSA) is 50.9 Å². The van der Waals surface area contributed by atoms with E-state index in [1.807, 2.05) is 10.8 Å². The van der Waals surface area contributed by atoms with E-state index in [-0.39, 0.29) is 5.75 Å². The highest BCUT2D eigenvalue weighted by Crippen LogP contribution is 2.16. The molecule has 4 nitrogen and oxygen atoms in total. The molecule has 0 saturated carbocycles. The van der Waals surface area contributed by atoms with E-state index in [1.165, 1.54) is 0 Å². The third-order valence-electron chi connectivity index (χ3n) is 2.33. The summed E-state index contributed by atoms with van der Waals surface area (Å²) in [4.78, 5) is 8.36. The Morgan fingerprint density at radius 3 is 2.93 bits per heavy atom. The fourth-order valence-electron chi connectivity index (χ4n) is 1.51. The zero-order valence-corrected chi connectivity index (χ0v) is 8.59. The Morgan fingerprint density at radius 2 is 2.20 bits per heavy atom. The summed E-state index contributed by atoms with van der Waals surface area (Å²) in [6.45, 7) is 2.94. The smallest absolute Gasteiger partial charge is 0.137 e. The molecule has 2 aromatic rings. The average molecular weight is 203 g/mol. The molecule has 0 atom stereocenters. The molecule has 0 saturated heterocycles. The number of hydrogen-bond donors (Lipinski definition) is 1. The van der Waals surface area contributed by atoms with Crippen LogP contribution in [0.2, 0.25) is 0 Å². The van der Waals surface area contributed by atoms with Crippen LogP contribution in [0.5, 0.6) is 5.75 Å². The molecule has 0 fully saturated rings. The summed E-state index contributed by atoms with van der Waals surface area (Å²) in [5.41, 5.74) is 0.665. The molecule has 0 aliphatic carbocycles. The summed E-state index contributed by atoms with van der Waals surface area (Å²) in [5, 5.41) is 9.57. The first-order valence-corrected chi connectivity index (χ1v) is 4.94. The fraction of sp³-hybridized carbons (Fsp3) is 0.273. The van der Waals surface area contributed by atoms with E-state index in [2.05, 4.69) is 16.9 Å². The zero-order valence-electron chi connectivity index (χ0n) is 8.59. The number of hydrogen-bond acceptors (Lipinski definition) is 3. The maximum atomic E-state index is 9.57. The van der Waals surface area contributed by atoms with Crippen molar-refractivity contribution in [2.75, 3.05) is 0 Å². The van der Waals surface area contributed by atoms with Crippen LogP contribution in [0.1, 0.15) is 18.4 Å². The summed E-state index contributed by atoms with van der Waals surface area (Å²) in [6.07, 6.45) is 5.93. The normalized spacial score (nSPS) is 10.5. The van der Waals surface area contributed by atoms with Gasteiger partial charge in [0.2, 0.25) is 0 Å². The predicted octanol–water partition coefficient (Wildman–Crippen LogP) is 1.59. The number of rotatable bonds is 3. The predicted molar refractivity (Wildman–Crippen MR) is 56.6 cm³/mol. The van der Waals surface area contributed by atoms with Gasteiger partial charge < -0.3 is 9.67 Å². The van der Waals surface area contributed by atoms with Gasteiger partial charge >= 0.3 is 0 Å². The molecule has 2 aromatic heterocycles. The van der Waals surface area contributed by atoms with Crippen LogP contribution in [0, 0.1) is 0 Å². The molecule has 0 amide bonds. The molecule has 2 heterocycles. The second kappa shape index (κ2) is 4.13. The Hall–Kier alpha value is -1.84. The first-order chi connectivity index (χ1) is 7.31. The lowest BCUT2D eigenvalue weighted by Gasteiger charge is -2.05. The Kier molecular flexibility index (Phi) is 2.67. The van der Waals surface area contributed by atoms with Crippen molar-refractivity contribution in [2.45, 2.75) is 19.9 Å². The molecule has 0 aliphatic rings. The molecule has 0 aromatic carbocycles. The quantitative estimate of drug-likeness (QED) is 0.824. The van der Waals surface area contributed by atoms with Crippen molar-refractivity contribution in [3.8, 4) is 5.75 Å². The van der Waals surface area contributed by atoms with Gasteiger partial charge in [-0.05, 0) is 19.1 Å². The number of aromatic nitrogens is 3. The molecule has 0 unspecified atom stereocenters. The van der Waals surface area contributed by atoms with E-state index in [4.69, 9.17) is 0 Å². The highest BCUT2D eigenvalue weighted by molar-refractivity contribution is 5.27. The maximum Gasteiger partial charge on any atom is 0.137 e. The lowest BCUT2D eigenvalue weighted by molar-refractivity contribution is 0.464. The molecular formula is C11H13N3O. The van der Waals surface area contributed by atoms with E-state index >= 15 is 0 Å². The van der Waals surface area contributed by atoms with Gasteiger partial charge in [-0.1, -0.05) is 0 Å². The number of aromatic hydroxyl groups is 1. The first kappa shape index (κ1) is 9.71. The number of imidazole rings is 1. The Balaban J connectivity index is 2.26. The van der Waals surface area contributed by atoms with Gasteiger partial charge in [-0.25, -0.2) is 4.98 Å². The van der Waals surface area contributed by atoms with E-state index in [0.29, 0.717) is 12.1 Å². The zero-order chi connectivity index (χ0) is 10.7. The SMILES string of the molecule is CCn1ccnc1Cc1ncccc1O. The van der Waals surface area contributed by atoms with Gasteiger partial charge in [0, 0.05) is 25.1 Å². The van der Waals surface area contributed by atoms with Crippen LogP contribution in [0.15, 0.2) is 30.7 Å². The first-order valence-electron chi connectivity index (χ1n) is 4.94. The third kappa shape index (κ3) is 1.98. The number of nitrogens with zero attached hydrogens (tertiary/aromatic N) is 3. The van der Waals surface area contributed by atoms with Crippen LogP contribution < -0.4 is 0 Å². The summed E-state index contributed by atoms with van der Waals surface area (Å²) in [6, 6.07) is 3.35. The fourth-order valence-corrected chi connectivity index (χ4v) is 1.51. The molecule has 15 heavy (non-hydrogen) atoms. The van der Waals surface area contributed by atoms with E-state index in [0.717, 1.165) is 12.4 Å². The Bertz CT molecular complexity index is 451. The van der Waals surface area contributed by atoms with Gasteiger partial charge in [0.15, 0.2) is 0 Å². The second-order valence-corrected chi connectivity index (χ2v) is 3.28. The van der Waals surface area contributed by atoms with Crippen LogP contribution >= 0.6 is 0 Å². The van der Waals surface area contributed by atoms with Crippen molar-refractivity contribution in [2.24, 2.45) is 0 Å². The Labute approximate surface area is 88.2 Å². The van der Waals surface area contributed by atoms with Crippen LogP contribution in [-0.2, 0) is 13.0 Å². The van der Waals surface area contributed by atoms with Crippen molar-refractivity contribution in [3.63, 3.8) is 0 Å². The molecule has 4 heteroatoms. The standard InChI is InChI=1S/C11H13N3O/c1-2-14-7-6-13-11(14)8-9-10(15)4-3-5-12-9/h3-7,15H,2,8H2,1H3. The highest BCUT2D eigenvalue weighted by Gasteiger charge is 2.07. The summed E-state index contributed by atoms with van der Waals surface area (Å²) in [5.74, 6) is 1.15.